The Morgan fingerprint density at radius 2 is 2.36 bits per heavy atom. The van der Waals surface area contributed by atoms with Gasteiger partial charge in [-0.1, -0.05) is 0 Å². The second kappa shape index (κ2) is 3.12. The fraction of sp³-hybridized carbons (Fsp3) is 0. The first-order chi connectivity index (χ1) is 5.13. The summed E-state index contributed by atoms with van der Waals surface area (Å²) >= 11 is 1.70. The zero-order valence-electron chi connectivity index (χ0n) is 5.21. The van der Waals surface area contributed by atoms with Gasteiger partial charge in [0.2, 0.25) is 0 Å². The van der Waals surface area contributed by atoms with Crippen LogP contribution in [0.1, 0.15) is 10.5 Å². The van der Waals surface area contributed by atoms with Crippen LogP contribution in [0.5, 0.6) is 0 Å². The molecule has 0 atom stereocenters. The van der Waals surface area contributed by atoms with Crippen LogP contribution >= 0.6 is 22.6 Å². The number of rotatable bonds is 1. The molecule has 1 N–H and O–H groups in total. The molecule has 0 bridgehead atoms. The van der Waals surface area contributed by atoms with Crippen LogP contribution in [0.3, 0.4) is 0 Å². The van der Waals surface area contributed by atoms with Gasteiger partial charge in [-0.05, 0) is 28.7 Å². The quantitative estimate of drug-likeness (QED) is 0.785. The number of carboxylic acids is 1. The molecular formula is C6H3FINO2. The van der Waals surface area contributed by atoms with Crippen molar-refractivity contribution in [3.8, 4) is 0 Å². The first-order valence-electron chi connectivity index (χ1n) is 2.66. The van der Waals surface area contributed by atoms with Gasteiger partial charge in [0.05, 0.1) is 3.57 Å². The topological polar surface area (TPSA) is 50.2 Å². The van der Waals surface area contributed by atoms with Crippen molar-refractivity contribution in [2.45, 2.75) is 0 Å². The molecule has 0 saturated heterocycles. The smallest absolute Gasteiger partial charge is 0.357 e. The van der Waals surface area contributed by atoms with Crippen LogP contribution in [0.4, 0.5) is 4.39 Å². The third kappa shape index (κ3) is 1.65. The van der Waals surface area contributed by atoms with Gasteiger partial charge in [0.15, 0.2) is 11.5 Å². The summed E-state index contributed by atoms with van der Waals surface area (Å²) in [5, 5.41) is 8.38. The molecule has 1 heterocycles. The number of nitrogens with zero attached hydrogens (tertiary/aromatic N) is 1. The van der Waals surface area contributed by atoms with Gasteiger partial charge in [-0.2, -0.15) is 0 Å². The summed E-state index contributed by atoms with van der Waals surface area (Å²) in [5.41, 5.74) is -0.531. The van der Waals surface area contributed by atoms with Crippen LogP contribution in [0.25, 0.3) is 0 Å². The monoisotopic (exact) mass is 267 g/mol. The van der Waals surface area contributed by atoms with Gasteiger partial charge in [-0.15, -0.1) is 0 Å². The van der Waals surface area contributed by atoms with E-state index in [9.17, 15) is 9.18 Å². The number of hydrogen-bond donors (Lipinski definition) is 1. The van der Waals surface area contributed by atoms with E-state index in [-0.39, 0.29) is 3.57 Å². The van der Waals surface area contributed by atoms with Crippen molar-refractivity contribution in [1.82, 2.24) is 4.98 Å². The molecule has 5 heteroatoms. The van der Waals surface area contributed by atoms with E-state index >= 15 is 0 Å². The normalized spacial score (nSPS) is 9.64. The lowest BCUT2D eigenvalue weighted by Gasteiger charge is -1.96. The Kier molecular flexibility index (Phi) is 2.38. The maximum atomic E-state index is 12.8. The number of carbonyl (C=O) groups is 1. The van der Waals surface area contributed by atoms with Gasteiger partial charge in [-0.25, -0.2) is 14.2 Å². The number of pyridine rings is 1. The van der Waals surface area contributed by atoms with Crippen LogP contribution in [0.15, 0.2) is 12.3 Å². The molecule has 0 amide bonds. The van der Waals surface area contributed by atoms with Crippen molar-refractivity contribution in [3.05, 3.63) is 27.3 Å². The van der Waals surface area contributed by atoms with Gasteiger partial charge in [0.1, 0.15) is 0 Å². The number of hydrogen-bond acceptors (Lipinski definition) is 2. The van der Waals surface area contributed by atoms with E-state index < -0.39 is 17.5 Å². The Bertz CT molecular complexity index is 303. The first-order valence-corrected chi connectivity index (χ1v) is 3.74. The van der Waals surface area contributed by atoms with Crippen molar-refractivity contribution in [2.75, 3.05) is 0 Å². The maximum Gasteiger partial charge on any atom is 0.357 e. The number of halogens is 2. The van der Waals surface area contributed by atoms with Gasteiger partial charge in [-0.3, -0.25) is 0 Å². The first kappa shape index (κ1) is 8.38. The fourth-order valence-electron chi connectivity index (χ4n) is 0.569. The van der Waals surface area contributed by atoms with Gasteiger partial charge < -0.3 is 5.11 Å². The van der Waals surface area contributed by atoms with E-state index in [0.29, 0.717) is 0 Å². The van der Waals surface area contributed by atoms with Crippen molar-refractivity contribution < 1.29 is 14.3 Å². The fourth-order valence-corrected chi connectivity index (χ4v) is 0.986. The van der Waals surface area contributed by atoms with Crippen molar-refractivity contribution in [3.63, 3.8) is 0 Å². The van der Waals surface area contributed by atoms with Crippen LogP contribution in [0, 0.1) is 9.39 Å². The molecule has 0 unspecified atom stereocenters. The lowest BCUT2D eigenvalue weighted by Crippen LogP contribution is -2.04. The Balaban J connectivity index is 3.27. The molecule has 0 saturated carbocycles. The molecule has 0 aromatic carbocycles. The standard InChI is InChI=1S/C6H3FINO2/c7-4-3(8)1-2-9-5(4)6(10)11/h1-2H,(H,10,11). The molecule has 1 aromatic heterocycles. The number of aromatic carboxylic acids is 1. The summed E-state index contributed by atoms with van der Waals surface area (Å²) in [5.74, 6) is -2.12. The molecule has 0 aliphatic rings. The van der Waals surface area contributed by atoms with E-state index in [4.69, 9.17) is 5.11 Å². The average molecular weight is 267 g/mol. The van der Waals surface area contributed by atoms with Gasteiger partial charge in [0.25, 0.3) is 0 Å². The minimum atomic E-state index is -1.35. The maximum absolute atomic E-state index is 12.8. The molecule has 0 aliphatic heterocycles. The molecular weight excluding hydrogens is 264 g/mol. The summed E-state index contributed by atoms with van der Waals surface area (Å²) in [6.07, 6.45) is 1.26. The highest BCUT2D eigenvalue weighted by Crippen LogP contribution is 2.11. The minimum Gasteiger partial charge on any atom is -0.476 e. The lowest BCUT2D eigenvalue weighted by molar-refractivity contribution is 0.0684. The average Bonchev–Trinajstić information content (AvgIpc) is 1.94. The third-order valence-electron chi connectivity index (χ3n) is 1.04. The van der Waals surface area contributed by atoms with Crippen LogP contribution in [-0.4, -0.2) is 16.1 Å². The predicted octanol–water partition coefficient (Wildman–Crippen LogP) is 1.52. The predicted molar refractivity (Wildman–Crippen MR) is 43.9 cm³/mol. The van der Waals surface area contributed by atoms with Crippen LogP contribution in [0.2, 0.25) is 0 Å². The Morgan fingerprint density at radius 3 is 2.82 bits per heavy atom. The molecule has 3 nitrogen and oxygen atoms in total. The summed E-state index contributed by atoms with van der Waals surface area (Å²) in [6, 6.07) is 1.41. The van der Waals surface area contributed by atoms with Crippen LogP contribution < -0.4 is 0 Å². The molecule has 1 rings (SSSR count). The minimum absolute atomic E-state index is 0.259. The van der Waals surface area contributed by atoms with Crippen LogP contribution in [-0.2, 0) is 0 Å². The zero-order valence-corrected chi connectivity index (χ0v) is 7.37. The highest BCUT2D eigenvalue weighted by atomic mass is 127. The second-order valence-electron chi connectivity index (χ2n) is 1.76. The molecule has 1 aromatic rings. The summed E-state index contributed by atoms with van der Waals surface area (Å²) < 4.78 is 13.1. The molecule has 0 aliphatic carbocycles. The molecule has 11 heavy (non-hydrogen) atoms. The number of carboxylic acid groups (broad SMARTS) is 1. The van der Waals surface area contributed by atoms with E-state index in [1.807, 2.05) is 0 Å². The molecule has 0 fully saturated rings. The van der Waals surface area contributed by atoms with E-state index in [1.165, 1.54) is 12.3 Å². The summed E-state index contributed by atoms with van der Waals surface area (Å²) in [4.78, 5) is 13.6. The SMILES string of the molecule is O=C(O)c1nccc(I)c1F. The summed E-state index contributed by atoms with van der Waals surface area (Å²) in [6.45, 7) is 0. The van der Waals surface area contributed by atoms with E-state index in [1.54, 1.807) is 22.6 Å². The highest BCUT2D eigenvalue weighted by Gasteiger charge is 2.13. The zero-order chi connectivity index (χ0) is 8.43. The van der Waals surface area contributed by atoms with E-state index in [2.05, 4.69) is 4.98 Å². The largest absolute Gasteiger partial charge is 0.476 e. The molecule has 0 spiro atoms. The van der Waals surface area contributed by atoms with Crippen molar-refractivity contribution in [1.29, 1.82) is 0 Å². The molecule has 58 valence electrons. The number of aromatic nitrogens is 1. The Hall–Kier alpha value is -0.720. The van der Waals surface area contributed by atoms with Gasteiger partial charge >= 0.3 is 5.97 Å². The summed E-state index contributed by atoms with van der Waals surface area (Å²) in [7, 11) is 0. The third-order valence-corrected chi connectivity index (χ3v) is 1.88. The Morgan fingerprint density at radius 1 is 1.73 bits per heavy atom. The van der Waals surface area contributed by atoms with E-state index in [0.717, 1.165) is 0 Å². The van der Waals surface area contributed by atoms with Crippen molar-refractivity contribution >= 4 is 28.6 Å². The highest BCUT2D eigenvalue weighted by molar-refractivity contribution is 14.1. The van der Waals surface area contributed by atoms with Crippen molar-refractivity contribution in [2.24, 2.45) is 0 Å². The van der Waals surface area contributed by atoms with Gasteiger partial charge in [0, 0.05) is 6.20 Å². The Labute approximate surface area is 75.4 Å². The second-order valence-corrected chi connectivity index (χ2v) is 2.92. The molecule has 0 radical (unpaired) electrons. The lowest BCUT2D eigenvalue weighted by atomic mass is 10.3.